The van der Waals surface area contributed by atoms with Crippen LogP contribution in [0.15, 0.2) is 11.2 Å². The van der Waals surface area contributed by atoms with E-state index in [4.69, 9.17) is 5.11 Å². The molecular weight excluding hydrogens is 284 g/mol. The Bertz CT molecular complexity index is 575. The van der Waals surface area contributed by atoms with Gasteiger partial charge in [0.05, 0.1) is 12.7 Å². The zero-order valence-corrected chi connectivity index (χ0v) is 12.1. The molecule has 0 saturated carbocycles. The van der Waals surface area contributed by atoms with E-state index in [0.29, 0.717) is 25.3 Å². The van der Waals surface area contributed by atoms with Crippen molar-refractivity contribution in [1.82, 2.24) is 19.2 Å². The van der Waals surface area contributed by atoms with Crippen molar-refractivity contribution < 1.29 is 18.3 Å². The summed E-state index contributed by atoms with van der Waals surface area (Å²) in [6, 6.07) is 0. The number of carboxylic acids is 1. The number of rotatable bonds is 5. The van der Waals surface area contributed by atoms with Gasteiger partial charge in [0.25, 0.3) is 10.0 Å². The summed E-state index contributed by atoms with van der Waals surface area (Å²) in [6.45, 7) is 3.24. The fourth-order valence-corrected chi connectivity index (χ4v) is 3.47. The quantitative estimate of drug-likeness (QED) is 0.749. The molecule has 0 bridgehead atoms. The third-order valence-electron chi connectivity index (χ3n) is 3.25. The summed E-state index contributed by atoms with van der Waals surface area (Å²) < 4.78 is 26.1. The first-order chi connectivity index (χ1) is 9.43. The molecule has 1 aromatic rings. The first kappa shape index (κ1) is 14.9. The number of nitrogens with zero attached hydrogens (tertiary/aromatic N) is 3. The highest BCUT2D eigenvalue weighted by atomic mass is 32.2. The zero-order chi connectivity index (χ0) is 14.8. The van der Waals surface area contributed by atoms with Crippen molar-refractivity contribution in [1.29, 1.82) is 0 Å². The van der Waals surface area contributed by atoms with E-state index in [1.807, 2.05) is 6.92 Å². The van der Waals surface area contributed by atoms with Crippen molar-refractivity contribution in [2.45, 2.75) is 18.4 Å². The number of H-pyrrole nitrogens is 1. The van der Waals surface area contributed by atoms with Crippen molar-refractivity contribution in [2.75, 3.05) is 32.7 Å². The molecule has 1 fully saturated rings. The third kappa shape index (κ3) is 3.17. The Hall–Kier alpha value is -1.45. The molecule has 1 saturated heterocycles. The van der Waals surface area contributed by atoms with Gasteiger partial charge in [-0.3, -0.25) is 9.69 Å². The Morgan fingerprint density at radius 2 is 2.05 bits per heavy atom. The normalized spacial score (nSPS) is 18.2. The Labute approximate surface area is 117 Å². The van der Waals surface area contributed by atoms with Gasteiger partial charge in [-0.25, -0.2) is 13.4 Å². The van der Waals surface area contributed by atoms with Gasteiger partial charge in [-0.05, 0) is 0 Å². The second kappa shape index (κ2) is 5.90. The number of nitrogens with one attached hydrogen (secondary N) is 1. The van der Waals surface area contributed by atoms with Gasteiger partial charge in [-0.1, -0.05) is 6.92 Å². The van der Waals surface area contributed by atoms with E-state index < -0.39 is 16.0 Å². The molecule has 0 amide bonds. The summed E-state index contributed by atoms with van der Waals surface area (Å²) in [5, 5.41) is 8.81. The predicted octanol–water partition coefficient (Wildman–Crippen LogP) is -0.637. The van der Waals surface area contributed by atoms with Gasteiger partial charge in [0.15, 0.2) is 5.03 Å². The highest BCUT2D eigenvalue weighted by molar-refractivity contribution is 7.89. The summed E-state index contributed by atoms with van der Waals surface area (Å²) in [6.07, 6.45) is 1.97. The number of aryl methyl sites for hydroxylation is 1. The monoisotopic (exact) mass is 302 g/mol. The maximum atomic E-state index is 12.4. The van der Waals surface area contributed by atoms with Crippen LogP contribution in [0.3, 0.4) is 0 Å². The van der Waals surface area contributed by atoms with Crippen LogP contribution in [0, 0.1) is 0 Å². The van der Waals surface area contributed by atoms with Crippen molar-refractivity contribution in [3.8, 4) is 0 Å². The number of aromatic nitrogens is 2. The third-order valence-corrected chi connectivity index (χ3v) is 5.06. The van der Waals surface area contributed by atoms with Crippen LogP contribution in [0.2, 0.25) is 0 Å². The lowest BCUT2D eigenvalue weighted by Gasteiger charge is -2.32. The standard InChI is InChI=1S/C11H18N4O4S/c1-2-9-12-7-10(13-9)20(18,19)15-5-3-14(4-6-15)8-11(16)17/h7H,2-6,8H2,1H3,(H,12,13)(H,16,17). The molecule has 1 aliphatic heterocycles. The van der Waals surface area contributed by atoms with Crippen molar-refractivity contribution >= 4 is 16.0 Å². The van der Waals surface area contributed by atoms with Crippen LogP contribution < -0.4 is 0 Å². The first-order valence-electron chi connectivity index (χ1n) is 6.41. The van der Waals surface area contributed by atoms with Gasteiger partial charge < -0.3 is 10.1 Å². The van der Waals surface area contributed by atoms with Gasteiger partial charge in [0.1, 0.15) is 5.82 Å². The molecule has 20 heavy (non-hydrogen) atoms. The molecule has 0 aliphatic carbocycles. The van der Waals surface area contributed by atoms with Crippen molar-refractivity contribution in [3.05, 3.63) is 12.0 Å². The van der Waals surface area contributed by atoms with Crippen molar-refractivity contribution in [3.63, 3.8) is 0 Å². The van der Waals surface area contributed by atoms with Crippen LogP contribution in [0.5, 0.6) is 0 Å². The summed E-state index contributed by atoms with van der Waals surface area (Å²) in [5.41, 5.74) is 0. The number of carboxylic acid groups (broad SMARTS) is 1. The van der Waals surface area contributed by atoms with E-state index in [9.17, 15) is 13.2 Å². The molecule has 1 aliphatic rings. The Morgan fingerprint density at radius 1 is 1.40 bits per heavy atom. The number of sulfonamides is 1. The summed E-state index contributed by atoms with van der Waals surface area (Å²) >= 11 is 0. The number of aliphatic carboxylic acids is 1. The van der Waals surface area contributed by atoms with Crippen LogP contribution in [0.4, 0.5) is 0 Å². The Balaban J connectivity index is 2.03. The average Bonchev–Trinajstić information content (AvgIpc) is 2.88. The molecule has 1 aromatic heterocycles. The fraction of sp³-hybridized carbons (Fsp3) is 0.636. The molecular formula is C11H18N4O4S. The maximum Gasteiger partial charge on any atom is 0.317 e. The van der Waals surface area contributed by atoms with E-state index in [2.05, 4.69) is 9.97 Å². The second-order valence-electron chi connectivity index (χ2n) is 4.62. The predicted molar refractivity (Wildman–Crippen MR) is 70.8 cm³/mol. The molecule has 9 heteroatoms. The molecule has 0 radical (unpaired) electrons. The SMILES string of the molecule is CCc1ncc(S(=O)(=O)N2CCN(CC(=O)O)CC2)[nH]1. The molecule has 2 heterocycles. The van der Waals surface area contributed by atoms with Crippen LogP contribution in [-0.2, 0) is 21.2 Å². The highest BCUT2D eigenvalue weighted by Gasteiger charge is 2.30. The maximum absolute atomic E-state index is 12.4. The minimum atomic E-state index is -3.56. The minimum absolute atomic E-state index is 0.0576. The molecule has 0 aromatic carbocycles. The largest absolute Gasteiger partial charge is 0.480 e. The fourth-order valence-electron chi connectivity index (χ4n) is 2.11. The number of piperazine rings is 1. The molecule has 0 spiro atoms. The minimum Gasteiger partial charge on any atom is -0.480 e. The Morgan fingerprint density at radius 3 is 2.55 bits per heavy atom. The van der Waals surface area contributed by atoms with Gasteiger partial charge in [-0.2, -0.15) is 4.31 Å². The summed E-state index contributed by atoms with van der Waals surface area (Å²) in [5.74, 6) is -0.268. The number of hydrogen-bond donors (Lipinski definition) is 2. The number of carbonyl (C=O) groups is 1. The lowest BCUT2D eigenvalue weighted by molar-refractivity contribution is -0.138. The van der Waals surface area contributed by atoms with Gasteiger partial charge in [0, 0.05) is 32.6 Å². The van der Waals surface area contributed by atoms with Gasteiger partial charge >= 0.3 is 5.97 Å². The molecule has 2 N–H and O–H groups in total. The van der Waals surface area contributed by atoms with E-state index in [1.165, 1.54) is 10.5 Å². The van der Waals surface area contributed by atoms with Gasteiger partial charge in [-0.15, -0.1) is 0 Å². The first-order valence-corrected chi connectivity index (χ1v) is 7.85. The second-order valence-corrected chi connectivity index (χ2v) is 6.53. The Kier molecular flexibility index (Phi) is 4.41. The zero-order valence-electron chi connectivity index (χ0n) is 11.2. The molecule has 8 nitrogen and oxygen atoms in total. The topological polar surface area (TPSA) is 107 Å². The average molecular weight is 302 g/mol. The number of imidazole rings is 1. The van der Waals surface area contributed by atoms with E-state index in [-0.39, 0.29) is 24.7 Å². The van der Waals surface area contributed by atoms with Crippen LogP contribution in [-0.4, -0.2) is 71.4 Å². The van der Waals surface area contributed by atoms with Crippen LogP contribution in [0.1, 0.15) is 12.7 Å². The van der Waals surface area contributed by atoms with Gasteiger partial charge in [0.2, 0.25) is 0 Å². The smallest absolute Gasteiger partial charge is 0.317 e. The molecule has 0 atom stereocenters. The van der Waals surface area contributed by atoms with E-state index >= 15 is 0 Å². The van der Waals surface area contributed by atoms with E-state index in [1.54, 1.807) is 4.90 Å². The van der Waals surface area contributed by atoms with E-state index in [0.717, 1.165) is 0 Å². The lowest BCUT2D eigenvalue weighted by Crippen LogP contribution is -2.49. The molecule has 2 rings (SSSR count). The number of hydrogen-bond acceptors (Lipinski definition) is 5. The van der Waals surface area contributed by atoms with Crippen LogP contribution >= 0.6 is 0 Å². The molecule has 0 unspecified atom stereocenters. The summed E-state index contributed by atoms with van der Waals surface area (Å²) in [4.78, 5) is 19.1. The molecule has 112 valence electrons. The van der Waals surface area contributed by atoms with Crippen molar-refractivity contribution in [2.24, 2.45) is 0 Å². The highest BCUT2D eigenvalue weighted by Crippen LogP contribution is 2.15. The van der Waals surface area contributed by atoms with Crippen LogP contribution in [0.25, 0.3) is 0 Å². The number of aromatic amines is 1. The lowest BCUT2D eigenvalue weighted by atomic mass is 10.3. The summed E-state index contributed by atoms with van der Waals surface area (Å²) in [7, 11) is -3.56.